The number of hydrogen-bond donors (Lipinski definition) is 2. The second kappa shape index (κ2) is 8.46. The van der Waals surface area contributed by atoms with Crippen LogP contribution in [0.1, 0.15) is 19.0 Å². The van der Waals surface area contributed by atoms with Crippen molar-refractivity contribution >= 4 is 27.8 Å². The summed E-state index contributed by atoms with van der Waals surface area (Å²) in [7, 11) is 2.18. The summed E-state index contributed by atoms with van der Waals surface area (Å²) in [4.78, 5) is 9.45. The summed E-state index contributed by atoms with van der Waals surface area (Å²) in [6.45, 7) is 8.52. The fourth-order valence-electron chi connectivity index (χ4n) is 2.78. The van der Waals surface area contributed by atoms with Gasteiger partial charge < -0.3 is 20.4 Å². The molecule has 24 heavy (non-hydrogen) atoms. The highest BCUT2D eigenvalue weighted by Crippen LogP contribution is 2.24. The van der Waals surface area contributed by atoms with E-state index in [0.29, 0.717) is 0 Å². The van der Waals surface area contributed by atoms with Crippen molar-refractivity contribution in [2.45, 2.75) is 19.9 Å². The van der Waals surface area contributed by atoms with Crippen LogP contribution >= 0.6 is 11.3 Å². The molecule has 2 N–H and O–H groups in total. The van der Waals surface area contributed by atoms with Crippen LogP contribution in [0.25, 0.3) is 0 Å². The molecule has 130 valence electrons. The number of anilines is 3. The van der Waals surface area contributed by atoms with E-state index in [9.17, 15) is 0 Å². The number of rotatable bonds is 7. The van der Waals surface area contributed by atoms with Crippen LogP contribution in [0.2, 0.25) is 0 Å². The number of likely N-dealkylation sites (N-methyl/N-ethyl adjacent to an activating group) is 1. The number of aromatic nitrogens is 1. The Balaban J connectivity index is 1.54. The van der Waals surface area contributed by atoms with Crippen molar-refractivity contribution in [2.75, 3.05) is 50.0 Å². The first-order chi connectivity index (χ1) is 11.7. The Morgan fingerprint density at radius 3 is 2.58 bits per heavy atom. The van der Waals surface area contributed by atoms with Gasteiger partial charge in [0, 0.05) is 49.5 Å². The minimum atomic E-state index is 0.842. The third-order valence-corrected chi connectivity index (χ3v) is 5.08. The van der Waals surface area contributed by atoms with E-state index >= 15 is 0 Å². The molecular weight excluding hydrogens is 318 g/mol. The molecule has 6 heteroatoms. The van der Waals surface area contributed by atoms with Crippen LogP contribution in [0.5, 0.6) is 0 Å². The lowest BCUT2D eigenvalue weighted by Gasteiger charge is -2.34. The Labute approximate surface area is 148 Å². The summed E-state index contributed by atoms with van der Waals surface area (Å²) >= 11 is 1.66. The van der Waals surface area contributed by atoms with Crippen LogP contribution in [-0.4, -0.2) is 49.7 Å². The highest BCUT2D eigenvalue weighted by molar-refractivity contribution is 7.13. The lowest BCUT2D eigenvalue weighted by atomic mass is 10.2. The van der Waals surface area contributed by atoms with E-state index in [1.807, 2.05) is 0 Å². The van der Waals surface area contributed by atoms with Gasteiger partial charge in [0.1, 0.15) is 0 Å². The van der Waals surface area contributed by atoms with Gasteiger partial charge in [-0.25, -0.2) is 4.98 Å². The summed E-state index contributed by atoms with van der Waals surface area (Å²) in [5.41, 5.74) is 3.50. The van der Waals surface area contributed by atoms with Gasteiger partial charge in [0.2, 0.25) is 0 Å². The van der Waals surface area contributed by atoms with Gasteiger partial charge in [-0.05, 0) is 44.3 Å². The molecule has 2 heterocycles. The topological polar surface area (TPSA) is 43.4 Å². The third-order valence-electron chi connectivity index (χ3n) is 4.27. The Kier molecular flexibility index (Phi) is 6.07. The molecular formula is C18H27N5S. The zero-order valence-corrected chi connectivity index (χ0v) is 15.4. The highest BCUT2D eigenvalue weighted by Gasteiger charge is 2.14. The zero-order chi connectivity index (χ0) is 16.8. The molecule has 2 aromatic rings. The summed E-state index contributed by atoms with van der Waals surface area (Å²) in [6, 6.07) is 8.68. The number of piperazine rings is 1. The first kappa shape index (κ1) is 17.2. The number of nitrogens with zero attached hydrogens (tertiary/aromatic N) is 3. The molecule has 0 unspecified atom stereocenters. The molecule has 0 bridgehead atoms. The van der Waals surface area contributed by atoms with Gasteiger partial charge >= 0.3 is 0 Å². The molecule has 0 saturated carbocycles. The fourth-order valence-corrected chi connectivity index (χ4v) is 3.51. The molecule has 1 aromatic carbocycles. The van der Waals surface area contributed by atoms with Gasteiger partial charge in [0.15, 0.2) is 5.13 Å². The largest absolute Gasteiger partial charge is 0.369 e. The maximum absolute atomic E-state index is 4.63. The molecule has 0 atom stereocenters. The molecule has 0 amide bonds. The maximum Gasteiger partial charge on any atom is 0.187 e. The minimum absolute atomic E-state index is 0.842. The lowest BCUT2D eigenvalue weighted by Crippen LogP contribution is -2.44. The van der Waals surface area contributed by atoms with Crippen molar-refractivity contribution in [3.8, 4) is 0 Å². The molecule has 5 nitrogen and oxygen atoms in total. The van der Waals surface area contributed by atoms with Crippen molar-refractivity contribution in [2.24, 2.45) is 0 Å². The molecule has 1 aromatic heterocycles. The molecule has 3 rings (SSSR count). The Morgan fingerprint density at radius 2 is 1.88 bits per heavy atom. The monoisotopic (exact) mass is 345 g/mol. The van der Waals surface area contributed by atoms with Crippen LogP contribution in [0.4, 0.5) is 16.5 Å². The van der Waals surface area contributed by atoms with Gasteiger partial charge in [0.05, 0.1) is 5.69 Å². The van der Waals surface area contributed by atoms with E-state index in [1.54, 1.807) is 11.3 Å². The van der Waals surface area contributed by atoms with Crippen LogP contribution in [0, 0.1) is 0 Å². The summed E-state index contributed by atoms with van der Waals surface area (Å²) in [5, 5.41) is 9.86. The van der Waals surface area contributed by atoms with Crippen molar-refractivity contribution in [3.63, 3.8) is 0 Å². The molecule has 1 saturated heterocycles. The number of nitrogens with one attached hydrogen (secondary N) is 2. The molecule has 0 radical (unpaired) electrons. The van der Waals surface area contributed by atoms with Crippen LogP contribution < -0.4 is 15.5 Å². The van der Waals surface area contributed by atoms with Gasteiger partial charge in [0.25, 0.3) is 0 Å². The number of thiazole rings is 1. The van der Waals surface area contributed by atoms with E-state index in [2.05, 4.69) is 69.0 Å². The smallest absolute Gasteiger partial charge is 0.187 e. The van der Waals surface area contributed by atoms with E-state index in [-0.39, 0.29) is 0 Å². The van der Waals surface area contributed by atoms with Gasteiger partial charge in [-0.1, -0.05) is 6.92 Å². The molecule has 0 spiro atoms. The number of hydrogen-bond acceptors (Lipinski definition) is 6. The molecule has 1 fully saturated rings. The summed E-state index contributed by atoms with van der Waals surface area (Å²) < 4.78 is 0. The number of benzene rings is 1. The predicted molar refractivity (Wildman–Crippen MR) is 104 cm³/mol. The minimum Gasteiger partial charge on any atom is -0.369 e. The standard InChI is InChI=1S/C18H27N5S/c1-3-8-19-13-16-14-24-18(21-16)20-15-4-6-17(7-5-15)23-11-9-22(2)10-12-23/h4-7,14,19H,3,8-13H2,1-2H3,(H,20,21). The third kappa shape index (κ3) is 4.69. The van der Waals surface area contributed by atoms with Crippen molar-refractivity contribution in [1.82, 2.24) is 15.2 Å². The van der Waals surface area contributed by atoms with Crippen molar-refractivity contribution in [1.29, 1.82) is 0 Å². The summed E-state index contributed by atoms with van der Waals surface area (Å²) in [6.07, 6.45) is 1.15. The van der Waals surface area contributed by atoms with Crippen LogP contribution in [-0.2, 0) is 6.54 Å². The SMILES string of the molecule is CCCNCc1csc(Nc2ccc(N3CCN(C)CC3)cc2)n1. The molecule has 1 aliphatic heterocycles. The lowest BCUT2D eigenvalue weighted by molar-refractivity contribution is 0.313. The zero-order valence-electron chi connectivity index (χ0n) is 14.6. The quantitative estimate of drug-likeness (QED) is 0.755. The van der Waals surface area contributed by atoms with E-state index in [1.165, 1.54) is 5.69 Å². The van der Waals surface area contributed by atoms with Crippen molar-refractivity contribution < 1.29 is 0 Å². The summed E-state index contributed by atoms with van der Waals surface area (Å²) in [5.74, 6) is 0. The maximum atomic E-state index is 4.63. The van der Waals surface area contributed by atoms with E-state index in [4.69, 9.17) is 0 Å². The second-order valence-corrected chi connectivity index (χ2v) is 7.14. The average molecular weight is 346 g/mol. The van der Waals surface area contributed by atoms with E-state index < -0.39 is 0 Å². The molecule has 0 aliphatic carbocycles. The Bertz CT molecular complexity index is 617. The first-order valence-corrected chi connectivity index (χ1v) is 9.58. The van der Waals surface area contributed by atoms with Gasteiger partial charge in [-0.2, -0.15) is 0 Å². The van der Waals surface area contributed by atoms with E-state index in [0.717, 1.165) is 62.2 Å². The fraction of sp³-hybridized carbons (Fsp3) is 0.500. The predicted octanol–water partition coefficient (Wildman–Crippen LogP) is 3.14. The Hall–Kier alpha value is -1.63. The Morgan fingerprint density at radius 1 is 1.12 bits per heavy atom. The van der Waals surface area contributed by atoms with Gasteiger partial charge in [-0.3, -0.25) is 0 Å². The van der Waals surface area contributed by atoms with Crippen molar-refractivity contribution in [3.05, 3.63) is 35.3 Å². The van der Waals surface area contributed by atoms with Crippen LogP contribution in [0.3, 0.4) is 0 Å². The first-order valence-electron chi connectivity index (χ1n) is 8.70. The van der Waals surface area contributed by atoms with Gasteiger partial charge in [-0.15, -0.1) is 11.3 Å². The normalized spacial score (nSPS) is 15.7. The van der Waals surface area contributed by atoms with Crippen LogP contribution in [0.15, 0.2) is 29.6 Å². The molecule has 1 aliphatic rings. The second-order valence-electron chi connectivity index (χ2n) is 6.28. The highest BCUT2D eigenvalue weighted by atomic mass is 32.1. The average Bonchev–Trinajstić information content (AvgIpc) is 3.04.